The Morgan fingerprint density at radius 2 is 0.844 bits per heavy atom. The predicted molar refractivity (Wildman–Crippen MR) is 198 cm³/mol. The van der Waals surface area contributed by atoms with Gasteiger partial charge in [-0.05, 0) is 38.5 Å². The number of rotatable bonds is 37. The molecule has 3 N–H and O–H groups in total. The van der Waals surface area contributed by atoms with Crippen molar-refractivity contribution in [3.05, 3.63) is 12.2 Å². The maximum absolute atomic E-state index is 12.4. The van der Waals surface area contributed by atoms with Crippen LogP contribution in [0.15, 0.2) is 12.2 Å². The number of carbonyl (C=O) groups is 1. The van der Waals surface area contributed by atoms with Gasteiger partial charge in [-0.1, -0.05) is 193 Å². The van der Waals surface area contributed by atoms with Gasteiger partial charge < -0.3 is 15.5 Å². The van der Waals surface area contributed by atoms with Crippen molar-refractivity contribution in [3.8, 4) is 0 Å². The number of allylic oxidation sites excluding steroid dienone is 2. The number of carbonyl (C=O) groups excluding carboxylic acids is 1. The van der Waals surface area contributed by atoms with Crippen molar-refractivity contribution in [3.63, 3.8) is 0 Å². The Hall–Kier alpha value is -0.870. The molecule has 0 aromatic rings. The number of hydrogen-bond donors (Lipinski definition) is 3. The topological polar surface area (TPSA) is 69.6 Å². The zero-order valence-electron chi connectivity index (χ0n) is 30.7. The van der Waals surface area contributed by atoms with Gasteiger partial charge in [0.05, 0.1) is 18.8 Å². The first-order valence-corrected chi connectivity index (χ1v) is 20.4. The number of aliphatic hydroxyl groups excluding tert-OH is 2. The number of nitrogens with one attached hydrogen (secondary N) is 1. The van der Waals surface area contributed by atoms with Crippen LogP contribution in [0.3, 0.4) is 0 Å². The summed E-state index contributed by atoms with van der Waals surface area (Å²) >= 11 is 0. The molecule has 0 saturated carbocycles. The highest BCUT2D eigenvalue weighted by Crippen LogP contribution is 2.15. The Bertz CT molecular complexity index is 608. The lowest BCUT2D eigenvalue weighted by Gasteiger charge is -2.22. The maximum atomic E-state index is 12.4. The number of hydrogen-bond acceptors (Lipinski definition) is 3. The minimum atomic E-state index is -0.656. The second-order valence-electron chi connectivity index (χ2n) is 14.1. The van der Waals surface area contributed by atoms with Gasteiger partial charge in [0.1, 0.15) is 0 Å². The summed E-state index contributed by atoms with van der Waals surface area (Å²) in [5.41, 5.74) is 0. The number of unbranched alkanes of at least 4 members (excludes halogenated alkanes) is 28. The summed E-state index contributed by atoms with van der Waals surface area (Å²) in [6, 6.07) is -0.533. The molecule has 4 nitrogen and oxygen atoms in total. The Kier molecular flexibility index (Phi) is 36.9. The van der Waals surface area contributed by atoms with Crippen LogP contribution < -0.4 is 5.32 Å². The lowest BCUT2D eigenvalue weighted by molar-refractivity contribution is -0.123. The highest BCUT2D eigenvalue weighted by Gasteiger charge is 2.19. The summed E-state index contributed by atoms with van der Waals surface area (Å²) in [6.45, 7) is 4.36. The van der Waals surface area contributed by atoms with Crippen molar-refractivity contribution in [2.24, 2.45) is 0 Å². The molecule has 0 spiro atoms. The van der Waals surface area contributed by atoms with E-state index in [1.165, 1.54) is 173 Å². The Balaban J connectivity index is 3.51. The SMILES string of the molecule is CCCCCCCCCCCC/C=C\CCCCCCCCCC(=O)NC(CO)C(O)CCCCCCCCCCCCCC. The van der Waals surface area contributed by atoms with Gasteiger partial charge in [0.25, 0.3) is 0 Å². The van der Waals surface area contributed by atoms with Crippen molar-refractivity contribution < 1.29 is 15.0 Å². The van der Waals surface area contributed by atoms with Crippen LogP contribution in [-0.2, 0) is 4.79 Å². The molecule has 0 saturated heterocycles. The average Bonchev–Trinajstić information content (AvgIpc) is 3.04. The third-order valence-electron chi connectivity index (χ3n) is 9.53. The van der Waals surface area contributed by atoms with E-state index in [4.69, 9.17) is 0 Å². The number of aliphatic hydroxyl groups is 2. The molecule has 0 aliphatic rings. The summed E-state index contributed by atoms with van der Waals surface area (Å²) in [6.07, 6.45) is 45.6. The summed E-state index contributed by atoms with van der Waals surface area (Å²) in [5, 5.41) is 23.1. The maximum Gasteiger partial charge on any atom is 0.220 e. The molecule has 45 heavy (non-hydrogen) atoms. The average molecular weight is 636 g/mol. The second kappa shape index (κ2) is 37.6. The van der Waals surface area contributed by atoms with E-state index in [2.05, 4.69) is 31.3 Å². The van der Waals surface area contributed by atoms with Crippen LogP contribution in [-0.4, -0.2) is 34.9 Å². The summed E-state index contributed by atoms with van der Waals surface area (Å²) in [5.74, 6) is -0.0348. The molecule has 2 atom stereocenters. The highest BCUT2D eigenvalue weighted by molar-refractivity contribution is 5.76. The molecule has 0 heterocycles. The van der Waals surface area contributed by atoms with Crippen LogP contribution in [0.1, 0.15) is 226 Å². The fourth-order valence-electron chi connectivity index (χ4n) is 6.36. The Labute approximate surface area is 282 Å². The monoisotopic (exact) mass is 636 g/mol. The largest absolute Gasteiger partial charge is 0.394 e. The van der Waals surface area contributed by atoms with E-state index >= 15 is 0 Å². The Morgan fingerprint density at radius 1 is 0.511 bits per heavy atom. The summed E-state index contributed by atoms with van der Waals surface area (Å²) < 4.78 is 0. The molecule has 0 aromatic carbocycles. The molecule has 0 bridgehead atoms. The minimum Gasteiger partial charge on any atom is -0.394 e. The van der Waals surface area contributed by atoms with Crippen LogP contribution in [0.25, 0.3) is 0 Å². The van der Waals surface area contributed by atoms with Crippen molar-refractivity contribution in [1.29, 1.82) is 0 Å². The van der Waals surface area contributed by atoms with E-state index in [-0.39, 0.29) is 12.5 Å². The second-order valence-corrected chi connectivity index (χ2v) is 14.1. The van der Waals surface area contributed by atoms with Crippen molar-refractivity contribution >= 4 is 5.91 Å². The smallest absolute Gasteiger partial charge is 0.220 e. The van der Waals surface area contributed by atoms with Crippen LogP contribution in [0.2, 0.25) is 0 Å². The van der Waals surface area contributed by atoms with Crippen LogP contribution in [0, 0.1) is 0 Å². The lowest BCUT2D eigenvalue weighted by Crippen LogP contribution is -2.45. The molecule has 0 aromatic heterocycles. The molecule has 2 unspecified atom stereocenters. The molecule has 0 radical (unpaired) electrons. The molecule has 4 heteroatoms. The van der Waals surface area contributed by atoms with Crippen LogP contribution in [0.4, 0.5) is 0 Å². The van der Waals surface area contributed by atoms with Crippen molar-refractivity contribution in [2.45, 2.75) is 238 Å². The van der Waals surface area contributed by atoms with Gasteiger partial charge in [0, 0.05) is 6.42 Å². The first kappa shape index (κ1) is 44.1. The quantitative estimate of drug-likeness (QED) is 0.0470. The number of amides is 1. The van der Waals surface area contributed by atoms with Gasteiger partial charge in [0.15, 0.2) is 0 Å². The first-order chi connectivity index (χ1) is 22.2. The molecule has 1 amide bonds. The van der Waals surface area contributed by atoms with Gasteiger partial charge in [-0.25, -0.2) is 0 Å². The third-order valence-corrected chi connectivity index (χ3v) is 9.53. The molecule has 0 rings (SSSR count). The summed E-state index contributed by atoms with van der Waals surface area (Å²) in [4.78, 5) is 12.4. The van der Waals surface area contributed by atoms with E-state index in [0.717, 1.165) is 25.7 Å². The molecule has 0 fully saturated rings. The zero-order chi connectivity index (χ0) is 32.9. The van der Waals surface area contributed by atoms with E-state index in [1.54, 1.807) is 0 Å². The van der Waals surface area contributed by atoms with Crippen molar-refractivity contribution in [1.82, 2.24) is 5.32 Å². The Morgan fingerprint density at radius 3 is 1.22 bits per heavy atom. The third kappa shape index (κ3) is 34.3. The van der Waals surface area contributed by atoms with Crippen LogP contribution in [0.5, 0.6) is 0 Å². The van der Waals surface area contributed by atoms with Gasteiger partial charge >= 0.3 is 0 Å². The molecule has 0 aliphatic carbocycles. The van der Waals surface area contributed by atoms with Gasteiger partial charge in [-0.15, -0.1) is 0 Å². The fraction of sp³-hybridized carbons (Fsp3) is 0.927. The van der Waals surface area contributed by atoms with E-state index in [0.29, 0.717) is 12.8 Å². The molecular formula is C41H81NO3. The molecule has 268 valence electrons. The summed E-state index contributed by atoms with van der Waals surface area (Å²) in [7, 11) is 0. The first-order valence-electron chi connectivity index (χ1n) is 20.4. The van der Waals surface area contributed by atoms with E-state index < -0.39 is 12.1 Å². The van der Waals surface area contributed by atoms with Crippen molar-refractivity contribution in [2.75, 3.05) is 6.61 Å². The normalized spacial score (nSPS) is 13.1. The lowest BCUT2D eigenvalue weighted by atomic mass is 10.0. The molecular weight excluding hydrogens is 554 g/mol. The molecule has 0 aliphatic heterocycles. The van der Waals surface area contributed by atoms with Crippen LogP contribution >= 0.6 is 0 Å². The van der Waals surface area contributed by atoms with E-state index in [1.807, 2.05) is 0 Å². The van der Waals surface area contributed by atoms with Gasteiger partial charge in [-0.3, -0.25) is 4.79 Å². The zero-order valence-corrected chi connectivity index (χ0v) is 30.7. The minimum absolute atomic E-state index is 0.0348. The fourth-order valence-corrected chi connectivity index (χ4v) is 6.36. The van der Waals surface area contributed by atoms with Gasteiger partial charge in [0.2, 0.25) is 5.91 Å². The predicted octanol–water partition coefficient (Wildman–Crippen LogP) is 12.3. The van der Waals surface area contributed by atoms with E-state index in [9.17, 15) is 15.0 Å². The highest BCUT2D eigenvalue weighted by atomic mass is 16.3. The standard InChI is InChI=1S/C41H81NO3/c1-3-5-7-9-11-13-15-17-18-19-20-21-22-23-24-25-27-29-31-33-35-37-41(45)42-39(38-43)40(44)36-34-32-30-28-26-16-14-12-10-8-6-4-2/h21-22,39-40,43-44H,3-20,23-38H2,1-2H3,(H,42,45)/b22-21-. The van der Waals surface area contributed by atoms with Gasteiger partial charge in [-0.2, -0.15) is 0 Å².